The highest BCUT2D eigenvalue weighted by molar-refractivity contribution is 5.35. The van der Waals surface area contributed by atoms with Gasteiger partial charge in [0.2, 0.25) is 0 Å². The molecule has 0 fully saturated rings. The molecular formula is C14H21NO. The predicted octanol–water partition coefficient (Wildman–Crippen LogP) is 2.61. The van der Waals surface area contributed by atoms with Gasteiger partial charge in [-0.25, -0.2) is 0 Å². The quantitative estimate of drug-likeness (QED) is 0.788. The lowest BCUT2D eigenvalue weighted by molar-refractivity contribution is 0.146. The maximum Gasteiger partial charge on any atom is 0.122 e. The molecule has 2 rings (SSSR count). The van der Waals surface area contributed by atoms with Gasteiger partial charge in [0.25, 0.3) is 0 Å². The van der Waals surface area contributed by atoms with Crippen LogP contribution in [0.15, 0.2) is 24.3 Å². The molecule has 0 aliphatic carbocycles. The summed E-state index contributed by atoms with van der Waals surface area (Å²) < 4.78 is 5.77. The highest BCUT2D eigenvalue weighted by Gasteiger charge is 2.32. The first-order valence-corrected chi connectivity index (χ1v) is 5.95. The second-order valence-corrected chi connectivity index (χ2v) is 5.77. The van der Waals surface area contributed by atoms with Crippen LogP contribution in [0.25, 0.3) is 0 Å². The van der Waals surface area contributed by atoms with Crippen LogP contribution in [0.2, 0.25) is 0 Å². The monoisotopic (exact) mass is 219 g/mol. The van der Waals surface area contributed by atoms with Crippen LogP contribution in [-0.4, -0.2) is 12.6 Å². The predicted molar refractivity (Wildman–Crippen MR) is 66.6 cm³/mol. The Labute approximate surface area is 97.8 Å². The zero-order chi connectivity index (χ0) is 11.8. The minimum atomic E-state index is 0.139. The first-order valence-electron chi connectivity index (χ1n) is 5.95. The van der Waals surface area contributed by atoms with Crippen LogP contribution in [0.4, 0.5) is 0 Å². The summed E-state index contributed by atoms with van der Waals surface area (Å²) >= 11 is 0. The van der Waals surface area contributed by atoms with Crippen molar-refractivity contribution in [2.45, 2.75) is 33.2 Å². The number of para-hydroxylation sites is 1. The molecule has 1 aliphatic heterocycles. The van der Waals surface area contributed by atoms with E-state index < -0.39 is 0 Å². The van der Waals surface area contributed by atoms with E-state index in [1.165, 1.54) is 5.56 Å². The van der Waals surface area contributed by atoms with Crippen LogP contribution in [0, 0.1) is 11.3 Å². The summed E-state index contributed by atoms with van der Waals surface area (Å²) in [5, 5.41) is 0. The number of rotatable bonds is 1. The molecule has 88 valence electrons. The van der Waals surface area contributed by atoms with Gasteiger partial charge in [-0.1, -0.05) is 39.0 Å². The molecule has 1 aromatic rings. The smallest absolute Gasteiger partial charge is 0.122 e. The van der Waals surface area contributed by atoms with Crippen molar-refractivity contribution in [3.8, 4) is 5.75 Å². The van der Waals surface area contributed by atoms with Crippen molar-refractivity contribution < 1.29 is 4.74 Å². The summed E-state index contributed by atoms with van der Waals surface area (Å²) in [4.78, 5) is 0. The molecule has 0 saturated heterocycles. The Hall–Kier alpha value is -1.02. The van der Waals surface area contributed by atoms with Crippen LogP contribution in [0.1, 0.15) is 26.3 Å². The molecule has 0 aromatic heterocycles. The molecule has 1 heterocycles. The third-order valence-electron chi connectivity index (χ3n) is 3.42. The molecule has 0 radical (unpaired) electrons. The molecule has 0 bridgehead atoms. The molecule has 0 spiro atoms. The summed E-state index contributed by atoms with van der Waals surface area (Å²) in [6.07, 6.45) is 1.04. The van der Waals surface area contributed by atoms with Gasteiger partial charge < -0.3 is 10.5 Å². The Kier molecular flexibility index (Phi) is 2.94. The molecule has 2 nitrogen and oxygen atoms in total. The Balaban J connectivity index is 2.14. The number of hydrogen-bond acceptors (Lipinski definition) is 2. The molecule has 0 saturated carbocycles. The van der Waals surface area contributed by atoms with Gasteiger partial charge in [-0.2, -0.15) is 0 Å². The van der Waals surface area contributed by atoms with Gasteiger partial charge in [-0.15, -0.1) is 0 Å². The SMILES string of the molecule is CC(C)(C)C(N)C1COc2ccccc2C1. The lowest BCUT2D eigenvalue weighted by atomic mass is 9.77. The maximum atomic E-state index is 6.30. The number of ether oxygens (including phenoxy) is 1. The van der Waals surface area contributed by atoms with E-state index in [1.807, 2.05) is 12.1 Å². The maximum absolute atomic E-state index is 6.30. The van der Waals surface area contributed by atoms with E-state index in [1.54, 1.807) is 0 Å². The molecule has 1 aromatic carbocycles. The summed E-state index contributed by atoms with van der Waals surface area (Å²) in [7, 11) is 0. The summed E-state index contributed by atoms with van der Waals surface area (Å²) in [6, 6.07) is 8.43. The minimum absolute atomic E-state index is 0.139. The zero-order valence-corrected chi connectivity index (χ0v) is 10.4. The van der Waals surface area contributed by atoms with Crippen molar-refractivity contribution >= 4 is 0 Å². The molecule has 2 N–H and O–H groups in total. The Morgan fingerprint density at radius 3 is 2.69 bits per heavy atom. The van der Waals surface area contributed by atoms with Gasteiger partial charge in [-0.3, -0.25) is 0 Å². The van der Waals surface area contributed by atoms with Crippen LogP contribution in [0.3, 0.4) is 0 Å². The van der Waals surface area contributed by atoms with Crippen molar-refractivity contribution in [2.24, 2.45) is 17.1 Å². The fraction of sp³-hybridized carbons (Fsp3) is 0.571. The fourth-order valence-electron chi connectivity index (χ4n) is 2.29. The van der Waals surface area contributed by atoms with E-state index in [0.29, 0.717) is 5.92 Å². The molecule has 0 amide bonds. The minimum Gasteiger partial charge on any atom is -0.493 e. The lowest BCUT2D eigenvalue weighted by Gasteiger charge is -2.36. The largest absolute Gasteiger partial charge is 0.493 e. The van der Waals surface area contributed by atoms with E-state index in [9.17, 15) is 0 Å². The van der Waals surface area contributed by atoms with Crippen molar-refractivity contribution in [3.63, 3.8) is 0 Å². The van der Waals surface area contributed by atoms with Crippen LogP contribution < -0.4 is 10.5 Å². The van der Waals surface area contributed by atoms with Crippen molar-refractivity contribution in [2.75, 3.05) is 6.61 Å². The number of fused-ring (bicyclic) bond motifs is 1. The van der Waals surface area contributed by atoms with Gasteiger partial charge in [0.1, 0.15) is 5.75 Å². The summed E-state index contributed by atoms with van der Waals surface area (Å²) in [6.45, 7) is 7.32. The molecule has 2 unspecified atom stereocenters. The molecule has 2 heteroatoms. The van der Waals surface area contributed by atoms with Crippen molar-refractivity contribution in [1.82, 2.24) is 0 Å². The third-order valence-corrected chi connectivity index (χ3v) is 3.42. The Bertz CT molecular complexity index is 367. The van der Waals surface area contributed by atoms with Crippen molar-refractivity contribution in [1.29, 1.82) is 0 Å². The van der Waals surface area contributed by atoms with Gasteiger partial charge in [-0.05, 0) is 23.5 Å². The van der Waals surface area contributed by atoms with Crippen LogP contribution in [-0.2, 0) is 6.42 Å². The van der Waals surface area contributed by atoms with Crippen LogP contribution >= 0.6 is 0 Å². The normalized spacial score (nSPS) is 22.1. The van der Waals surface area contributed by atoms with E-state index in [2.05, 4.69) is 32.9 Å². The number of nitrogens with two attached hydrogens (primary N) is 1. The topological polar surface area (TPSA) is 35.2 Å². The highest BCUT2D eigenvalue weighted by atomic mass is 16.5. The van der Waals surface area contributed by atoms with E-state index in [4.69, 9.17) is 10.5 Å². The molecule has 1 aliphatic rings. The number of benzene rings is 1. The molecule has 16 heavy (non-hydrogen) atoms. The first kappa shape index (κ1) is 11.5. The second-order valence-electron chi connectivity index (χ2n) is 5.77. The molecular weight excluding hydrogens is 198 g/mol. The zero-order valence-electron chi connectivity index (χ0n) is 10.4. The second kappa shape index (κ2) is 4.10. The summed E-state index contributed by atoms with van der Waals surface area (Å²) in [5.41, 5.74) is 7.73. The van der Waals surface area contributed by atoms with Gasteiger partial charge in [0.15, 0.2) is 0 Å². The lowest BCUT2D eigenvalue weighted by Crippen LogP contribution is -2.46. The van der Waals surface area contributed by atoms with Crippen molar-refractivity contribution in [3.05, 3.63) is 29.8 Å². The number of hydrogen-bond donors (Lipinski definition) is 1. The average molecular weight is 219 g/mol. The van der Waals surface area contributed by atoms with E-state index >= 15 is 0 Å². The fourth-order valence-corrected chi connectivity index (χ4v) is 2.29. The van der Waals surface area contributed by atoms with E-state index in [-0.39, 0.29) is 11.5 Å². The Morgan fingerprint density at radius 2 is 2.00 bits per heavy atom. The average Bonchev–Trinajstić information content (AvgIpc) is 2.26. The highest BCUT2D eigenvalue weighted by Crippen LogP contribution is 2.32. The molecule has 2 atom stereocenters. The van der Waals surface area contributed by atoms with Gasteiger partial charge >= 0.3 is 0 Å². The van der Waals surface area contributed by atoms with Gasteiger partial charge in [0.05, 0.1) is 6.61 Å². The first-order chi connectivity index (χ1) is 7.48. The summed E-state index contributed by atoms with van der Waals surface area (Å²) in [5.74, 6) is 1.45. The van der Waals surface area contributed by atoms with E-state index in [0.717, 1.165) is 18.8 Å². The van der Waals surface area contributed by atoms with Gasteiger partial charge in [0, 0.05) is 12.0 Å². The standard InChI is InChI=1S/C14H21NO/c1-14(2,3)13(15)11-8-10-6-4-5-7-12(10)16-9-11/h4-7,11,13H,8-9,15H2,1-3H3. The van der Waals surface area contributed by atoms with Crippen LogP contribution in [0.5, 0.6) is 5.75 Å². The third kappa shape index (κ3) is 2.22. The Morgan fingerprint density at radius 1 is 1.31 bits per heavy atom.